The van der Waals surface area contributed by atoms with Crippen LogP contribution in [0.15, 0.2) is 29.0 Å². The number of fused-ring (bicyclic) bond motifs is 1. The Balaban J connectivity index is 1.77. The first-order valence-corrected chi connectivity index (χ1v) is 8.52. The van der Waals surface area contributed by atoms with E-state index in [9.17, 15) is 4.79 Å². The van der Waals surface area contributed by atoms with Gasteiger partial charge in [0.15, 0.2) is 5.82 Å². The summed E-state index contributed by atoms with van der Waals surface area (Å²) >= 11 is 0. The van der Waals surface area contributed by atoms with Crippen molar-refractivity contribution in [1.29, 1.82) is 0 Å². The highest BCUT2D eigenvalue weighted by atomic mass is 16.5. The Bertz CT molecular complexity index is 881. The van der Waals surface area contributed by atoms with Gasteiger partial charge in [-0.25, -0.2) is 4.98 Å². The molecule has 3 aromatic heterocycles. The second-order valence-corrected chi connectivity index (χ2v) is 6.62. The van der Waals surface area contributed by atoms with E-state index in [1.54, 1.807) is 11.1 Å². The predicted molar refractivity (Wildman–Crippen MR) is 93.2 cm³/mol. The molecule has 0 bridgehead atoms. The number of imidazole rings is 1. The molecule has 3 aromatic rings. The number of aryl methyl sites for hydroxylation is 1. The average Bonchev–Trinajstić information content (AvgIpc) is 3.17. The van der Waals surface area contributed by atoms with Crippen molar-refractivity contribution in [2.75, 3.05) is 6.54 Å². The molecule has 0 unspecified atom stereocenters. The Morgan fingerprint density at radius 1 is 1.36 bits per heavy atom. The van der Waals surface area contributed by atoms with Crippen molar-refractivity contribution >= 4 is 11.6 Å². The van der Waals surface area contributed by atoms with Crippen LogP contribution in [-0.4, -0.2) is 36.9 Å². The fourth-order valence-electron chi connectivity index (χ4n) is 2.63. The zero-order chi connectivity index (χ0) is 18.0. The molecule has 1 amide bonds. The lowest BCUT2D eigenvalue weighted by Gasteiger charge is -2.17. The lowest BCUT2D eigenvalue weighted by Crippen LogP contribution is -2.31. The van der Waals surface area contributed by atoms with Crippen LogP contribution in [0.25, 0.3) is 5.65 Å². The van der Waals surface area contributed by atoms with Crippen molar-refractivity contribution in [3.63, 3.8) is 0 Å². The maximum Gasteiger partial charge on any atom is 0.274 e. The Morgan fingerprint density at radius 3 is 2.88 bits per heavy atom. The van der Waals surface area contributed by atoms with Gasteiger partial charge >= 0.3 is 0 Å². The highest BCUT2D eigenvalue weighted by Crippen LogP contribution is 2.12. The van der Waals surface area contributed by atoms with E-state index in [1.807, 2.05) is 36.6 Å². The van der Waals surface area contributed by atoms with Crippen molar-refractivity contribution < 1.29 is 9.32 Å². The molecule has 0 aliphatic carbocycles. The topological polar surface area (TPSA) is 76.5 Å². The molecule has 0 atom stereocenters. The second kappa shape index (κ2) is 7.04. The summed E-state index contributed by atoms with van der Waals surface area (Å²) in [5.41, 5.74) is 2.28. The van der Waals surface area contributed by atoms with E-state index in [-0.39, 0.29) is 5.91 Å². The quantitative estimate of drug-likeness (QED) is 0.689. The Morgan fingerprint density at radius 2 is 2.16 bits per heavy atom. The molecule has 0 spiro atoms. The number of aromatic nitrogens is 4. The molecule has 0 radical (unpaired) electrons. The number of carbonyl (C=O) groups is 1. The molecule has 0 aliphatic rings. The lowest BCUT2D eigenvalue weighted by atomic mass is 10.1. The van der Waals surface area contributed by atoms with E-state index in [0.717, 1.165) is 17.6 Å². The van der Waals surface area contributed by atoms with E-state index in [2.05, 4.69) is 29.0 Å². The number of nitrogens with zero attached hydrogens (tertiary/aromatic N) is 5. The molecule has 132 valence electrons. The normalized spacial score (nSPS) is 11.4. The number of pyridine rings is 1. The third-order valence-corrected chi connectivity index (χ3v) is 3.93. The molecule has 3 heterocycles. The van der Waals surface area contributed by atoms with Crippen LogP contribution in [0.1, 0.15) is 48.5 Å². The Kier molecular flexibility index (Phi) is 4.83. The van der Waals surface area contributed by atoms with Gasteiger partial charge in [0, 0.05) is 25.4 Å². The van der Waals surface area contributed by atoms with Crippen molar-refractivity contribution in [3.8, 4) is 0 Å². The molecule has 25 heavy (non-hydrogen) atoms. The summed E-state index contributed by atoms with van der Waals surface area (Å²) in [7, 11) is 0. The molecule has 0 saturated heterocycles. The van der Waals surface area contributed by atoms with Gasteiger partial charge < -0.3 is 13.8 Å². The summed E-state index contributed by atoms with van der Waals surface area (Å²) in [5.74, 6) is 1.43. The fourth-order valence-corrected chi connectivity index (χ4v) is 2.63. The minimum Gasteiger partial charge on any atom is -0.339 e. The number of amides is 1. The summed E-state index contributed by atoms with van der Waals surface area (Å²) in [6.07, 6.45) is 4.39. The van der Waals surface area contributed by atoms with Gasteiger partial charge in [0.2, 0.25) is 5.89 Å². The minimum absolute atomic E-state index is 0.140. The third-order valence-electron chi connectivity index (χ3n) is 3.93. The third kappa shape index (κ3) is 3.87. The summed E-state index contributed by atoms with van der Waals surface area (Å²) in [6.45, 7) is 8.96. The molecular formula is C18H23N5O2. The van der Waals surface area contributed by atoms with Crippen molar-refractivity contribution in [3.05, 3.63) is 47.5 Å². The Hall–Kier alpha value is -2.70. The number of hydrogen-bond donors (Lipinski definition) is 0. The van der Waals surface area contributed by atoms with Gasteiger partial charge in [0.25, 0.3) is 5.91 Å². The van der Waals surface area contributed by atoms with E-state index in [1.165, 1.54) is 0 Å². The van der Waals surface area contributed by atoms with Gasteiger partial charge in [0.05, 0.1) is 6.54 Å². The van der Waals surface area contributed by atoms with Crippen LogP contribution in [0.3, 0.4) is 0 Å². The van der Waals surface area contributed by atoms with E-state index in [0.29, 0.717) is 36.4 Å². The summed E-state index contributed by atoms with van der Waals surface area (Å²) in [4.78, 5) is 23.3. The zero-order valence-corrected chi connectivity index (χ0v) is 15.1. The summed E-state index contributed by atoms with van der Waals surface area (Å²) in [6, 6.07) is 3.93. The number of carbonyl (C=O) groups excluding carboxylic acids is 1. The summed E-state index contributed by atoms with van der Waals surface area (Å²) < 4.78 is 7.10. The highest BCUT2D eigenvalue weighted by molar-refractivity contribution is 5.92. The molecule has 7 nitrogen and oxygen atoms in total. The molecular weight excluding hydrogens is 318 g/mol. The van der Waals surface area contributed by atoms with Gasteiger partial charge in [-0.3, -0.25) is 4.79 Å². The molecule has 3 rings (SSSR count). The van der Waals surface area contributed by atoms with E-state index in [4.69, 9.17) is 4.52 Å². The van der Waals surface area contributed by atoms with Crippen LogP contribution >= 0.6 is 0 Å². The fraction of sp³-hybridized carbons (Fsp3) is 0.444. The van der Waals surface area contributed by atoms with Gasteiger partial charge in [-0.15, -0.1) is 0 Å². The number of hydrogen-bond acceptors (Lipinski definition) is 5. The monoisotopic (exact) mass is 341 g/mol. The Labute approximate surface area is 146 Å². The largest absolute Gasteiger partial charge is 0.339 e. The minimum atomic E-state index is -0.140. The molecule has 0 aliphatic heterocycles. The molecule has 0 fully saturated rings. The molecule has 0 saturated carbocycles. The van der Waals surface area contributed by atoms with Crippen LogP contribution in [0.4, 0.5) is 0 Å². The van der Waals surface area contributed by atoms with Crippen LogP contribution in [-0.2, 0) is 13.0 Å². The second-order valence-electron chi connectivity index (χ2n) is 6.62. The first kappa shape index (κ1) is 17.1. The standard InChI is InChI=1S/C18H23N5O2/c1-5-22(11-15-20-17(25-21-15)8-12(2)3)18(24)14-10-23-7-6-13(4)9-16(23)19-14/h6-7,9-10,12H,5,8,11H2,1-4H3. The predicted octanol–water partition coefficient (Wildman–Crippen LogP) is 2.89. The van der Waals surface area contributed by atoms with E-state index < -0.39 is 0 Å². The summed E-state index contributed by atoms with van der Waals surface area (Å²) in [5, 5.41) is 3.98. The lowest BCUT2D eigenvalue weighted by molar-refractivity contribution is 0.0742. The first-order valence-electron chi connectivity index (χ1n) is 8.52. The van der Waals surface area contributed by atoms with Crippen molar-refractivity contribution in [2.24, 2.45) is 5.92 Å². The van der Waals surface area contributed by atoms with Gasteiger partial charge in [0.1, 0.15) is 11.3 Å². The smallest absolute Gasteiger partial charge is 0.274 e. The first-order chi connectivity index (χ1) is 12.0. The molecule has 0 N–H and O–H groups in total. The molecule has 7 heteroatoms. The molecule has 0 aromatic carbocycles. The van der Waals surface area contributed by atoms with Crippen LogP contribution in [0.2, 0.25) is 0 Å². The maximum absolute atomic E-state index is 12.8. The van der Waals surface area contributed by atoms with Gasteiger partial charge in [-0.05, 0) is 37.5 Å². The van der Waals surface area contributed by atoms with Crippen molar-refractivity contribution in [2.45, 2.75) is 40.7 Å². The van der Waals surface area contributed by atoms with Gasteiger partial charge in [-0.2, -0.15) is 4.98 Å². The number of rotatable bonds is 6. The van der Waals surface area contributed by atoms with Crippen molar-refractivity contribution in [1.82, 2.24) is 24.4 Å². The zero-order valence-electron chi connectivity index (χ0n) is 15.1. The van der Waals surface area contributed by atoms with Crippen LogP contribution in [0, 0.1) is 12.8 Å². The van der Waals surface area contributed by atoms with Gasteiger partial charge in [-0.1, -0.05) is 19.0 Å². The highest BCUT2D eigenvalue weighted by Gasteiger charge is 2.20. The van der Waals surface area contributed by atoms with E-state index >= 15 is 0 Å². The SMILES string of the molecule is CCN(Cc1noc(CC(C)C)n1)C(=O)c1cn2ccc(C)cc2n1. The van der Waals surface area contributed by atoms with Crippen LogP contribution < -0.4 is 0 Å². The maximum atomic E-state index is 12.8. The average molecular weight is 341 g/mol. The van der Waals surface area contributed by atoms with Crippen LogP contribution in [0.5, 0.6) is 0 Å².